The summed E-state index contributed by atoms with van der Waals surface area (Å²) in [5.41, 5.74) is 8.25. The van der Waals surface area contributed by atoms with E-state index in [-0.39, 0.29) is 0 Å². The topological polar surface area (TPSA) is 9.23 Å². The maximum Gasteiger partial charge on any atom is 0.226 e. The second-order valence-electron chi connectivity index (χ2n) is 8.78. The van der Waals surface area contributed by atoms with Crippen molar-refractivity contribution in [3.05, 3.63) is 136 Å². The van der Waals surface area contributed by atoms with Crippen molar-refractivity contribution < 1.29 is 4.74 Å². The average Bonchev–Trinajstić information content (AvgIpc) is 3.04. The molecular formula is C30H23ClO. The number of benzene rings is 4. The van der Waals surface area contributed by atoms with Crippen molar-refractivity contribution in [2.24, 2.45) is 0 Å². The Bertz CT molecular complexity index is 1330. The van der Waals surface area contributed by atoms with E-state index in [1.165, 1.54) is 11.1 Å². The van der Waals surface area contributed by atoms with Crippen LogP contribution < -0.4 is 4.74 Å². The number of hydrogen-bond donors (Lipinski definition) is 0. The minimum atomic E-state index is -1.12. The van der Waals surface area contributed by atoms with Crippen LogP contribution in [0.4, 0.5) is 0 Å². The first-order valence-corrected chi connectivity index (χ1v) is 11.4. The van der Waals surface area contributed by atoms with E-state index in [1.807, 2.05) is 12.1 Å². The Labute approximate surface area is 194 Å². The zero-order valence-electron chi connectivity index (χ0n) is 18.1. The molecule has 6 rings (SSSR count). The zero-order chi connectivity index (χ0) is 21.9. The number of rotatable bonds is 2. The molecule has 0 saturated carbocycles. The molecule has 0 unspecified atom stereocenters. The van der Waals surface area contributed by atoms with E-state index in [9.17, 15) is 0 Å². The van der Waals surface area contributed by atoms with Gasteiger partial charge in [0.05, 0.1) is 0 Å². The van der Waals surface area contributed by atoms with Crippen LogP contribution in [-0.2, 0) is 5.41 Å². The second kappa shape index (κ2) is 6.85. The molecule has 2 aliphatic rings. The number of ether oxygens (including phenoxy) is 1. The van der Waals surface area contributed by atoms with Gasteiger partial charge in [0.25, 0.3) is 0 Å². The molecule has 1 atom stereocenters. The van der Waals surface area contributed by atoms with Gasteiger partial charge in [-0.25, -0.2) is 0 Å². The summed E-state index contributed by atoms with van der Waals surface area (Å²) in [7, 11) is 0. The molecule has 0 saturated heterocycles. The van der Waals surface area contributed by atoms with E-state index in [1.54, 1.807) is 0 Å². The summed E-state index contributed by atoms with van der Waals surface area (Å²) in [6, 6.07) is 34.0. The van der Waals surface area contributed by atoms with Gasteiger partial charge in [-0.15, -0.1) is 0 Å². The average molecular weight is 435 g/mol. The fourth-order valence-corrected chi connectivity index (χ4v) is 6.20. The Kier molecular flexibility index (Phi) is 4.15. The minimum Gasteiger partial charge on any atom is -0.465 e. The fraction of sp³-hybridized carbons (Fsp3) is 0.133. The van der Waals surface area contributed by atoms with E-state index in [0.29, 0.717) is 0 Å². The standard InChI is InChI=1S/C30H23ClO/c1-20-17-21(2)28-22(18-20)19-27-25-15-9-10-16-26(25)29(30(27,31)32-28,23-11-5-3-6-12-23)24-13-7-4-8-14-24/h3-19H,1-2H3/t30-/m0/s1. The molecule has 1 aliphatic carbocycles. The van der Waals surface area contributed by atoms with Crippen molar-refractivity contribution in [2.45, 2.75) is 24.3 Å². The third kappa shape index (κ3) is 2.40. The molecule has 4 aromatic rings. The molecule has 0 N–H and O–H groups in total. The Morgan fingerprint density at radius 3 is 1.97 bits per heavy atom. The summed E-state index contributed by atoms with van der Waals surface area (Å²) in [6.45, 7) is 4.22. The summed E-state index contributed by atoms with van der Waals surface area (Å²) in [6.07, 6.45) is 2.23. The monoisotopic (exact) mass is 434 g/mol. The van der Waals surface area contributed by atoms with Gasteiger partial charge in [-0.3, -0.25) is 0 Å². The molecule has 0 spiro atoms. The first kappa shape index (κ1) is 19.4. The number of fused-ring (bicyclic) bond motifs is 4. The normalized spacial score (nSPS) is 19.9. The predicted molar refractivity (Wildman–Crippen MR) is 132 cm³/mol. The lowest BCUT2D eigenvalue weighted by Crippen LogP contribution is -2.51. The van der Waals surface area contributed by atoms with E-state index in [2.05, 4.69) is 105 Å². The van der Waals surface area contributed by atoms with E-state index in [0.717, 1.165) is 39.1 Å². The van der Waals surface area contributed by atoms with Gasteiger partial charge in [-0.1, -0.05) is 108 Å². The van der Waals surface area contributed by atoms with Crippen molar-refractivity contribution in [1.29, 1.82) is 0 Å². The van der Waals surface area contributed by atoms with Crippen LogP contribution in [0.3, 0.4) is 0 Å². The number of alkyl halides is 1. The van der Waals surface area contributed by atoms with E-state index in [4.69, 9.17) is 16.3 Å². The lowest BCUT2D eigenvalue weighted by atomic mass is 9.68. The highest BCUT2D eigenvalue weighted by molar-refractivity contribution is 6.34. The van der Waals surface area contributed by atoms with Crippen LogP contribution in [0, 0.1) is 13.8 Å². The van der Waals surface area contributed by atoms with Gasteiger partial charge in [-0.2, -0.15) is 0 Å². The van der Waals surface area contributed by atoms with Crippen LogP contribution in [-0.4, -0.2) is 5.06 Å². The highest BCUT2D eigenvalue weighted by Gasteiger charge is 2.65. The predicted octanol–water partition coefficient (Wildman–Crippen LogP) is 7.52. The molecule has 0 fully saturated rings. The number of aryl methyl sites for hydroxylation is 2. The van der Waals surface area contributed by atoms with Gasteiger partial charge in [-0.05, 0) is 53.8 Å². The molecule has 0 amide bonds. The SMILES string of the molecule is Cc1cc(C)c2c(c1)C=C1c3ccccc3C(c3ccccc3)(c3ccccc3)[C@@]1(Cl)O2. The molecule has 0 radical (unpaired) electrons. The van der Waals surface area contributed by atoms with Crippen molar-refractivity contribution >= 4 is 23.3 Å². The Balaban J connectivity index is 1.77. The Hall–Kier alpha value is -3.29. The lowest BCUT2D eigenvalue weighted by Gasteiger charge is -2.45. The summed E-state index contributed by atoms with van der Waals surface area (Å²) in [5, 5.41) is -1.12. The van der Waals surface area contributed by atoms with Crippen molar-refractivity contribution in [3.8, 4) is 5.75 Å². The van der Waals surface area contributed by atoms with Crippen LogP contribution in [0.25, 0.3) is 11.6 Å². The molecule has 2 heteroatoms. The lowest BCUT2D eigenvalue weighted by molar-refractivity contribution is 0.165. The van der Waals surface area contributed by atoms with Gasteiger partial charge >= 0.3 is 0 Å². The van der Waals surface area contributed by atoms with Crippen LogP contribution in [0.15, 0.2) is 97.1 Å². The van der Waals surface area contributed by atoms with E-state index >= 15 is 0 Å². The third-order valence-corrected chi connectivity index (χ3v) is 7.42. The van der Waals surface area contributed by atoms with Crippen molar-refractivity contribution in [1.82, 2.24) is 0 Å². The molecule has 4 aromatic carbocycles. The van der Waals surface area contributed by atoms with Crippen LogP contribution >= 0.6 is 11.6 Å². The van der Waals surface area contributed by atoms with E-state index < -0.39 is 10.5 Å². The quantitative estimate of drug-likeness (QED) is 0.296. The van der Waals surface area contributed by atoms with Crippen molar-refractivity contribution in [2.75, 3.05) is 0 Å². The summed E-state index contributed by atoms with van der Waals surface area (Å²) in [4.78, 5) is 0. The van der Waals surface area contributed by atoms with Crippen molar-refractivity contribution in [3.63, 3.8) is 0 Å². The number of halogens is 1. The van der Waals surface area contributed by atoms with Crippen LogP contribution in [0.5, 0.6) is 5.75 Å². The molecule has 1 nitrogen and oxygen atoms in total. The van der Waals surface area contributed by atoms with Gasteiger partial charge in [0.15, 0.2) is 0 Å². The summed E-state index contributed by atoms with van der Waals surface area (Å²) >= 11 is 7.78. The Morgan fingerprint density at radius 2 is 1.31 bits per heavy atom. The summed E-state index contributed by atoms with van der Waals surface area (Å²) in [5.74, 6) is 0.860. The fourth-order valence-electron chi connectivity index (χ4n) is 5.65. The number of hydrogen-bond acceptors (Lipinski definition) is 1. The Morgan fingerprint density at radius 1 is 0.719 bits per heavy atom. The molecule has 156 valence electrons. The second-order valence-corrected chi connectivity index (χ2v) is 9.32. The first-order valence-electron chi connectivity index (χ1n) is 11.0. The molecule has 0 bridgehead atoms. The molecule has 1 aliphatic heterocycles. The van der Waals surface area contributed by atoms with Gasteiger partial charge in [0.1, 0.15) is 11.2 Å². The van der Waals surface area contributed by atoms with Gasteiger partial charge < -0.3 is 4.74 Å². The van der Waals surface area contributed by atoms with Crippen LogP contribution in [0.1, 0.15) is 38.9 Å². The summed E-state index contributed by atoms with van der Waals surface area (Å²) < 4.78 is 6.93. The molecule has 0 aromatic heterocycles. The minimum absolute atomic E-state index is 0.700. The highest BCUT2D eigenvalue weighted by Crippen LogP contribution is 2.65. The first-order chi connectivity index (χ1) is 15.6. The highest BCUT2D eigenvalue weighted by atomic mass is 35.5. The van der Waals surface area contributed by atoms with Gasteiger partial charge in [0, 0.05) is 11.1 Å². The molecule has 1 heterocycles. The third-order valence-electron chi connectivity index (χ3n) is 6.85. The molecular weight excluding hydrogens is 412 g/mol. The maximum atomic E-state index is 7.78. The zero-order valence-corrected chi connectivity index (χ0v) is 18.9. The van der Waals surface area contributed by atoms with Crippen LogP contribution in [0.2, 0.25) is 0 Å². The maximum absolute atomic E-state index is 7.78. The smallest absolute Gasteiger partial charge is 0.226 e. The molecule has 32 heavy (non-hydrogen) atoms. The largest absolute Gasteiger partial charge is 0.465 e. The van der Waals surface area contributed by atoms with Gasteiger partial charge in [0.2, 0.25) is 5.06 Å².